The SMILES string of the molecule is O=C(O)c1cc(CO)cc(-c2ccc(F)cc2C(F)(F)F)c1. The number of carbonyl (C=O) groups is 1. The van der Waals surface area contributed by atoms with E-state index in [-0.39, 0.29) is 22.3 Å². The largest absolute Gasteiger partial charge is 0.478 e. The molecule has 0 bridgehead atoms. The van der Waals surface area contributed by atoms with Crippen LogP contribution in [0.5, 0.6) is 0 Å². The molecule has 0 fully saturated rings. The summed E-state index contributed by atoms with van der Waals surface area (Å²) >= 11 is 0. The van der Waals surface area contributed by atoms with E-state index in [1.54, 1.807) is 0 Å². The lowest BCUT2D eigenvalue weighted by Gasteiger charge is -2.14. The minimum atomic E-state index is -4.80. The molecule has 0 amide bonds. The lowest BCUT2D eigenvalue weighted by atomic mass is 9.95. The molecule has 0 saturated heterocycles. The molecule has 7 heteroatoms. The zero-order valence-corrected chi connectivity index (χ0v) is 11.0. The van der Waals surface area contributed by atoms with Crippen molar-refractivity contribution in [2.45, 2.75) is 12.8 Å². The zero-order chi connectivity index (χ0) is 16.5. The van der Waals surface area contributed by atoms with Crippen molar-refractivity contribution in [1.82, 2.24) is 0 Å². The first-order valence-corrected chi connectivity index (χ1v) is 6.07. The second kappa shape index (κ2) is 5.76. The van der Waals surface area contributed by atoms with Crippen molar-refractivity contribution in [2.24, 2.45) is 0 Å². The van der Waals surface area contributed by atoms with Gasteiger partial charge in [0, 0.05) is 0 Å². The van der Waals surface area contributed by atoms with E-state index in [1.807, 2.05) is 0 Å². The van der Waals surface area contributed by atoms with Gasteiger partial charge in [0.2, 0.25) is 0 Å². The van der Waals surface area contributed by atoms with Crippen LogP contribution in [0.3, 0.4) is 0 Å². The number of carboxylic acid groups (broad SMARTS) is 1. The molecule has 0 aliphatic heterocycles. The standard InChI is InChI=1S/C15H10F4O3/c16-11-1-2-12(13(6-11)15(17,18)19)9-3-8(7-20)4-10(5-9)14(21)22/h1-6,20H,7H2,(H,21,22). The third-order valence-corrected chi connectivity index (χ3v) is 3.02. The van der Waals surface area contributed by atoms with Crippen LogP contribution in [0, 0.1) is 5.82 Å². The maximum absolute atomic E-state index is 13.1. The second-order valence-electron chi connectivity index (χ2n) is 4.57. The van der Waals surface area contributed by atoms with Gasteiger partial charge in [-0.05, 0) is 47.0 Å². The van der Waals surface area contributed by atoms with Gasteiger partial charge in [0.05, 0.1) is 17.7 Å². The molecule has 0 heterocycles. The highest BCUT2D eigenvalue weighted by Crippen LogP contribution is 2.38. The van der Waals surface area contributed by atoms with E-state index in [0.29, 0.717) is 6.07 Å². The topological polar surface area (TPSA) is 57.5 Å². The van der Waals surface area contributed by atoms with Crippen LogP contribution in [0.15, 0.2) is 36.4 Å². The van der Waals surface area contributed by atoms with E-state index in [4.69, 9.17) is 10.2 Å². The number of aromatic carboxylic acids is 1. The summed E-state index contributed by atoms with van der Waals surface area (Å²) in [6, 6.07) is 5.57. The Hall–Kier alpha value is -2.41. The molecule has 0 saturated carbocycles. The highest BCUT2D eigenvalue weighted by molar-refractivity contribution is 5.90. The maximum Gasteiger partial charge on any atom is 0.417 e. The zero-order valence-electron chi connectivity index (χ0n) is 11.0. The molecule has 0 aliphatic carbocycles. The number of hydrogen-bond donors (Lipinski definition) is 2. The summed E-state index contributed by atoms with van der Waals surface area (Å²) in [5.41, 5.74) is -1.74. The molecular formula is C15H10F4O3. The lowest BCUT2D eigenvalue weighted by molar-refractivity contribution is -0.137. The molecule has 0 spiro atoms. The Morgan fingerprint density at radius 1 is 1.09 bits per heavy atom. The van der Waals surface area contributed by atoms with Gasteiger partial charge in [0.15, 0.2) is 0 Å². The van der Waals surface area contributed by atoms with Gasteiger partial charge in [-0.2, -0.15) is 13.2 Å². The second-order valence-corrected chi connectivity index (χ2v) is 4.57. The molecule has 0 aromatic heterocycles. The van der Waals surface area contributed by atoms with Gasteiger partial charge < -0.3 is 10.2 Å². The number of halogens is 4. The number of alkyl halides is 3. The number of rotatable bonds is 3. The molecule has 2 N–H and O–H groups in total. The van der Waals surface area contributed by atoms with Crippen LogP contribution in [0.25, 0.3) is 11.1 Å². The normalized spacial score (nSPS) is 11.5. The molecule has 2 rings (SSSR count). The first-order valence-electron chi connectivity index (χ1n) is 6.07. The lowest BCUT2D eigenvalue weighted by Crippen LogP contribution is -2.08. The third-order valence-electron chi connectivity index (χ3n) is 3.02. The van der Waals surface area contributed by atoms with Crippen molar-refractivity contribution in [1.29, 1.82) is 0 Å². The average Bonchev–Trinajstić information content (AvgIpc) is 2.45. The Labute approximate surface area is 122 Å². The van der Waals surface area contributed by atoms with Crippen LogP contribution in [0.1, 0.15) is 21.5 Å². The molecule has 116 valence electrons. The summed E-state index contributed by atoms with van der Waals surface area (Å²) in [6.45, 7) is -0.531. The van der Waals surface area contributed by atoms with Crippen molar-refractivity contribution in [3.63, 3.8) is 0 Å². The fraction of sp³-hybridized carbons (Fsp3) is 0.133. The van der Waals surface area contributed by atoms with E-state index < -0.39 is 30.1 Å². The van der Waals surface area contributed by atoms with Crippen LogP contribution < -0.4 is 0 Å². The van der Waals surface area contributed by atoms with Crippen molar-refractivity contribution < 1.29 is 32.6 Å². The van der Waals surface area contributed by atoms with E-state index in [0.717, 1.165) is 24.3 Å². The van der Waals surface area contributed by atoms with E-state index in [1.165, 1.54) is 6.07 Å². The smallest absolute Gasteiger partial charge is 0.417 e. The summed E-state index contributed by atoms with van der Waals surface area (Å²) < 4.78 is 52.2. The van der Waals surface area contributed by atoms with Crippen LogP contribution in [-0.2, 0) is 12.8 Å². The number of aliphatic hydroxyl groups is 1. The molecule has 0 atom stereocenters. The van der Waals surface area contributed by atoms with Gasteiger partial charge in [-0.1, -0.05) is 6.07 Å². The molecule has 2 aromatic carbocycles. The van der Waals surface area contributed by atoms with Crippen LogP contribution in [0.4, 0.5) is 17.6 Å². The van der Waals surface area contributed by atoms with Gasteiger partial charge in [0.25, 0.3) is 0 Å². The summed E-state index contributed by atoms with van der Waals surface area (Å²) in [5.74, 6) is -2.39. The van der Waals surface area contributed by atoms with Crippen molar-refractivity contribution in [3.05, 3.63) is 58.9 Å². The highest BCUT2D eigenvalue weighted by Gasteiger charge is 2.34. The number of carboxylic acids is 1. The maximum atomic E-state index is 13.1. The number of aliphatic hydroxyl groups excluding tert-OH is 1. The molecule has 3 nitrogen and oxygen atoms in total. The molecule has 22 heavy (non-hydrogen) atoms. The fourth-order valence-electron chi connectivity index (χ4n) is 2.06. The summed E-state index contributed by atoms with van der Waals surface area (Å²) in [4.78, 5) is 11.0. The Kier molecular flexibility index (Phi) is 4.18. The fourth-order valence-corrected chi connectivity index (χ4v) is 2.06. The van der Waals surface area contributed by atoms with Crippen molar-refractivity contribution in [3.8, 4) is 11.1 Å². The number of hydrogen-bond acceptors (Lipinski definition) is 2. The Balaban J connectivity index is 2.71. The Morgan fingerprint density at radius 2 is 1.77 bits per heavy atom. The van der Waals surface area contributed by atoms with E-state index in [2.05, 4.69) is 0 Å². The molecule has 2 aromatic rings. The third kappa shape index (κ3) is 3.25. The summed E-state index contributed by atoms with van der Waals surface area (Å²) in [7, 11) is 0. The van der Waals surface area contributed by atoms with Crippen LogP contribution >= 0.6 is 0 Å². The van der Waals surface area contributed by atoms with Crippen LogP contribution in [0.2, 0.25) is 0 Å². The van der Waals surface area contributed by atoms with Crippen molar-refractivity contribution >= 4 is 5.97 Å². The first kappa shape index (κ1) is 16.0. The minimum Gasteiger partial charge on any atom is -0.478 e. The molecule has 0 unspecified atom stereocenters. The quantitative estimate of drug-likeness (QED) is 0.849. The predicted molar refractivity (Wildman–Crippen MR) is 69.7 cm³/mol. The van der Waals surface area contributed by atoms with Crippen LogP contribution in [-0.4, -0.2) is 16.2 Å². The molecular weight excluding hydrogens is 304 g/mol. The van der Waals surface area contributed by atoms with E-state index >= 15 is 0 Å². The minimum absolute atomic E-state index is 0.0590. The van der Waals surface area contributed by atoms with Gasteiger partial charge in [-0.3, -0.25) is 0 Å². The van der Waals surface area contributed by atoms with Gasteiger partial charge in [-0.15, -0.1) is 0 Å². The van der Waals surface area contributed by atoms with Gasteiger partial charge in [-0.25, -0.2) is 9.18 Å². The Morgan fingerprint density at radius 3 is 2.32 bits per heavy atom. The Bertz CT molecular complexity index is 723. The molecule has 0 aliphatic rings. The first-order chi connectivity index (χ1) is 10.2. The molecule has 0 radical (unpaired) electrons. The van der Waals surface area contributed by atoms with Gasteiger partial charge in [0.1, 0.15) is 5.82 Å². The highest BCUT2D eigenvalue weighted by atomic mass is 19.4. The summed E-state index contributed by atoms with van der Waals surface area (Å²) in [5, 5.41) is 18.1. The average molecular weight is 314 g/mol. The number of benzene rings is 2. The monoisotopic (exact) mass is 314 g/mol. The van der Waals surface area contributed by atoms with E-state index in [9.17, 15) is 22.4 Å². The van der Waals surface area contributed by atoms with Crippen molar-refractivity contribution in [2.75, 3.05) is 0 Å². The van der Waals surface area contributed by atoms with Gasteiger partial charge >= 0.3 is 12.1 Å². The predicted octanol–water partition coefficient (Wildman–Crippen LogP) is 3.70. The summed E-state index contributed by atoms with van der Waals surface area (Å²) in [6.07, 6.45) is -4.80.